The zero-order valence-corrected chi connectivity index (χ0v) is 23.4. The van der Waals surface area contributed by atoms with Crippen LogP contribution in [0.25, 0.3) is 77.0 Å². The Morgan fingerprint density at radius 1 is 0.372 bits per heavy atom. The summed E-state index contributed by atoms with van der Waals surface area (Å²) < 4.78 is 0. The Morgan fingerprint density at radius 3 is 1.56 bits per heavy atom. The highest BCUT2D eigenvalue weighted by atomic mass is 16.1. The molecule has 0 amide bonds. The highest BCUT2D eigenvalue weighted by Crippen LogP contribution is 2.44. The van der Waals surface area contributed by atoms with Crippen molar-refractivity contribution < 1.29 is 0 Å². The average Bonchev–Trinajstić information content (AvgIpc) is 3.07. The fraction of sp³-hybridized carbons (Fsp3) is 0. The van der Waals surface area contributed by atoms with Gasteiger partial charge in [0.05, 0.1) is 0 Å². The van der Waals surface area contributed by atoms with Crippen molar-refractivity contribution in [2.75, 3.05) is 0 Å². The molecule has 8 aromatic rings. The highest BCUT2D eigenvalue weighted by Gasteiger charge is 2.16. The maximum Gasteiger partial charge on any atom is 0.256 e. The van der Waals surface area contributed by atoms with Crippen molar-refractivity contribution in [3.05, 3.63) is 168 Å². The van der Waals surface area contributed by atoms with Crippen LogP contribution in [0.1, 0.15) is 0 Å². The number of para-hydroxylation sites is 1. The molecule has 7 aromatic carbocycles. The van der Waals surface area contributed by atoms with Gasteiger partial charge in [0.2, 0.25) is 0 Å². The SMILES string of the molecule is O=c1[nH]c2ccccc2cc1-c1ccc(-c2cccc(-c3c4ccccc4c(-c4ccccc4)c4ccccc34)c2)cc1. The third-order valence-electron chi connectivity index (χ3n) is 8.43. The number of fused-ring (bicyclic) bond motifs is 3. The second-order valence-electron chi connectivity index (χ2n) is 11.0. The van der Waals surface area contributed by atoms with Gasteiger partial charge in [0, 0.05) is 11.1 Å². The van der Waals surface area contributed by atoms with Crippen LogP contribution in [0.5, 0.6) is 0 Å². The molecule has 2 heteroatoms. The Hall–Kier alpha value is -5.73. The second kappa shape index (κ2) is 10.3. The maximum absolute atomic E-state index is 12.9. The average molecular weight is 550 g/mol. The van der Waals surface area contributed by atoms with Crippen LogP contribution in [0.2, 0.25) is 0 Å². The summed E-state index contributed by atoms with van der Waals surface area (Å²) in [7, 11) is 0. The number of hydrogen-bond donors (Lipinski definition) is 1. The smallest absolute Gasteiger partial charge is 0.256 e. The summed E-state index contributed by atoms with van der Waals surface area (Å²) in [6.45, 7) is 0. The van der Waals surface area contributed by atoms with Gasteiger partial charge in [0.25, 0.3) is 5.56 Å². The van der Waals surface area contributed by atoms with Gasteiger partial charge < -0.3 is 4.98 Å². The number of pyridine rings is 1. The molecule has 0 unspecified atom stereocenters. The summed E-state index contributed by atoms with van der Waals surface area (Å²) in [5, 5.41) is 5.99. The lowest BCUT2D eigenvalue weighted by Crippen LogP contribution is -2.08. The van der Waals surface area contributed by atoms with Gasteiger partial charge in [-0.2, -0.15) is 0 Å². The number of aromatic amines is 1. The predicted octanol–water partition coefficient (Wildman–Crippen LogP) is 10.5. The fourth-order valence-corrected chi connectivity index (χ4v) is 6.41. The largest absolute Gasteiger partial charge is 0.321 e. The molecular formula is C41H27NO. The molecule has 0 aliphatic carbocycles. The monoisotopic (exact) mass is 549 g/mol. The van der Waals surface area contributed by atoms with E-state index in [0.29, 0.717) is 5.56 Å². The lowest BCUT2D eigenvalue weighted by Gasteiger charge is -2.18. The maximum atomic E-state index is 12.9. The molecule has 0 saturated heterocycles. The second-order valence-corrected chi connectivity index (χ2v) is 11.0. The molecule has 1 aromatic heterocycles. The minimum absolute atomic E-state index is 0.0776. The van der Waals surface area contributed by atoms with E-state index in [4.69, 9.17) is 0 Å². The Kier molecular flexibility index (Phi) is 5.98. The zero-order chi connectivity index (χ0) is 28.8. The van der Waals surface area contributed by atoms with Gasteiger partial charge in [-0.3, -0.25) is 4.79 Å². The highest BCUT2D eigenvalue weighted by molar-refractivity contribution is 6.21. The summed E-state index contributed by atoms with van der Waals surface area (Å²) in [6.07, 6.45) is 0. The van der Waals surface area contributed by atoms with Gasteiger partial charge in [-0.05, 0) is 84.1 Å². The van der Waals surface area contributed by atoms with Crippen LogP contribution in [-0.4, -0.2) is 4.98 Å². The van der Waals surface area contributed by atoms with E-state index in [0.717, 1.165) is 27.6 Å². The van der Waals surface area contributed by atoms with Gasteiger partial charge in [-0.15, -0.1) is 0 Å². The van der Waals surface area contributed by atoms with Crippen molar-refractivity contribution in [3.63, 3.8) is 0 Å². The van der Waals surface area contributed by atoms with Crippen molar-refractivity contribution in [2.45, 2.75) is 0 Å². The standard InChI is InChI=1S/C41H27NO/c43-41-37(26-31-13-4-9-20-38(31)42-41)28-23-21-27(22-24-28)30-14-10-15-32(25-30)40-35-18-7-5-16-33(35)39(29-11-2-1-3-12-29)34-17-6-8-19-36(34)40/h1-26H,(H,42,43). The molecule has 0 spiro atoms. The van der Waals surface area contributed by atoms with Crippen molar-refractivity contribution in [1.82, 2.24) is 4.98 Å². The van der Waals surface area contributed by atoms with Crippen molar-refractivity contribution in [3.8, 4) is 44.5 Å². The molecule has 2 nitrogen and oxygen atoms in total. The number of aromatic nitrogens is 1. The van der Waals surface area contributed by atoms with E-state index in [9.17, 15) is 4.79 Å². The molecule has 1 heterocycles. The molecule has 0 radical (unpaired) electrons. The Labute approximate surface area is 249 Å². The van der Waals surface area contributed by atoms with E-state index in [-0.39, 0.29) is 5.56 Å². The van der Waals surface area contributed by atoms with Gasteiger partial charge in [0.1, 0.15) is 0 Å². The van der Waals surface area contributed by atoms with Crippen molar-refractivity contribution >= 4 is 32.4 Å². The number of hydrogen-bond acceptors (Lipinski definition) is 1. The van der Waals surface area contributed by atoms with Crippen molar-refractivity contribution in [1.29, 1.82) is 0 Å². The van der Waals surface area contributed by atoms with Gasteiger partial charge >= 0.3 is 0 Å². The van der Waals surface area contributed by atoms with Crippen LogP contribution in [0.15, 0.2) is 163 Å². The van der Waals surface area contributed by atoms with Gasteiger partial charge in [0.15, 0.2) is 0 Å². The molecule has 202 valence electrons. The molecule has 0 aliphatic heterocycles. The minimum atomic E-state index is -0.0776. The molecule has 0 atom stereocenters. The van der Waals surface area contributed by atoms with Gasteiger partial charge in [-0.1, -0.05) is 140 Å². The minimum Gasteiger partial charge on any atom is -0.321 e. The summed E-state index contributed by atoms with van der Waals surface area (Å²) in [4.78, 5) is 15.9. The van der Waals surface area contributed by atoms with Crippen LogP contribution in [0, 0.1) is 0 Å². The molecule has 0 bridgehead atoms. The van der Waals surface area contributed by atoms with Crippen LogP contribution in [0.3, 0.4) is 0 Å². The predicted molar refractivity (Wildman–Crippen MR) is 181 cm³/mol. The Bertz CT molecular complexity index is 2290. The molecule has 1 N–H and O–H groups in total. The molecular weight excluding hydrogens is 522 g/mol. The third-order valence-corrected chi connectivity index (χ3v) is 8.43. The van der Waals surface area contributed by atoms with E-state index in [1.165, 1.54) is 43.8 Å². The number of rotatable bonds is 4. The quantitative estimate of drug-likeness (QED) is 0.218. The zero-order valence-electron chi connectivity index (χ0n) is 23.4. The van der Waals surface area contributed by atoms with Gasteiger partial charge in [-0.25, -0.2) is 0 Å². The summed E-state index contributed by atoms with van der Waals surface area (Å²) >= 11 is 0. The summed E-state index contributed by atoms with van der Waals surface area (Å²) in [5.74, 6) is 0. The van der Waals surface area contributed by atoms with Crippen LogP contribution < -0.4 is 5.56 Å². The van der Waals surface area contributed by atoms with E-state index in [2.05, 4.69) is 120 Å². The van der Waals surface area contributed by atoms with Crippen LogP contribution in [0.4, 0.5) is 0 Å². The van der Waals surface area contributed by atoms with E-state index in [1.54, 1.807) is 0 Å². The molecule has 43 heavy (non-hydrogen) atoms. The molecule has 8 rings (SSSR count). The third kappa shape index (κ3) is 4.32. The Morgan fingerprint density at radius 2 is 0.884 bits per heavy atom. The topological polar surface area (TPSA) is 32.9 Å². The first kappa shape index (κ1) is 25.0. The fourth-order valence-electron chi connectivity index (χ4n) is 6.41. The molecule has 0 aliphatic rings. The van der Waals surface area contributed by atoms with E-state index >= 15 is 0 Å². The van der Waals surface area contributed by atoms with Crippen LogP contribution >= 0.6 is 0 Å². The lowest BCUT2D eigenvalue weighted by molar-refractivity contribution is 1.31. The summed E-state index contributed by atoms with van der Waals surface area (Å²) in [6, 6.07) is 55.1. The Balaban J connectivity index is 1.26. The van der Waals surface area contributed by atoms with E-state index < -0.39 is 0 Å². The molecule has 0 saturated carbocycles. The molecule has 0 fully saturated rings. The number of benzene rings is 7. The van der Waals surface area contributed by atoms with E-state index in [1.807, 2.05) is 42.5 Å². The lowest BCUT2D eigenvalue weighted by atomic mass is 9.85. The first-order chi connectivity index (χ1) is 21.2. The summed E-state index contributed by atoms with van der Waals surface area (Å²) in [5.41, 5.74) is 9.51. The normalized spacial score (nSPS) is 11.3. The number of H-pyrrole nitrogens is 1. The van der Waals surface area contributed by atoms with Crippen molar-refractivity contribution in [2.24, 2.45) is 0 Å². The van der Waals surface area contributed by atoms with Crippen LogP contribution in [-0.2, 0) is 0 Å². The first-order valence-corrected chi connectivity index (χ1v) is 14.6. The number of nitrogens with one attached hydrogen (secondary N) is 1. The first-order valence-electron chi connectivity index (χ1n) is 14.6.